The van der Waals surface area contributed by atoms with Gasteiger partial charge in [-0.25, -0.2) is 4.98 Å². The van der Waals surface area contributed by atoms with Gasteiger partial charge in [-0.3, -0.25) is 5.41 Å². The predicted octanol–water partition coefficient (Wildman–Crippen LogP) is 3.88. The molecule has 1 heterocycles. The Bertz CT molecular complexity index is 646. The van der Waals surface area contributed by atoms with Crippen molar-refractivity contribution in [2.24, 2.45) is 5.73 Å². The molecule has 0 amide bonds. The Morgan fingerprint density at radius 2 is 2.16 bits per heavy atom. The third kappa shape index (κ3) is 3.05. The van der Waals surface area contributed by atoms with E-state index in [1.54, 1.807) is 6.07 Å². The molecule has 4 nitrogen and oxygen atoms in total. The summed E-state index contributed by atoms with van der Waals surface area (Å²) < 4.78 is 6.45. The predicted molar refractivity (Wildman–Crippen MR) is 79.2 cm³/mol. The molecule has 3 N–H and O–H groups in total. The number of hydrogen-bond acceptors (Lipinski definition) is 3. The van der Waals surface area contributed by atoms with Crippen LogP contribution >= 0.6 is 27.5 Å². The molecule has 1 aromatic carbocycles. The molecular weight excluding hydrogens is 330 g/mol. The number of nitrogens with two attached hydrogens (primary N) is 1. The standard InChI is InChI=1S/C13H11BrClN3O/c1-7-2-3-10(9(14)6-7)19-13-11(15)8(12(16)17)4-5-18-13/h2-6H,1H3,(H3,16,17). The van der Waals surface area contributed by atoms with Gasteiger partial charge in [0.1, 0.15) is 16.6 Å². The lowest BCUT2D eigenvalue weighted by Crippen LogP contribution is -2.12. The minimum absolute atomic E-state index is 0.125. The highest BCUT2D eigenvalue weighted by Crippen LogP contribution is 2.33. The lowest BCUT2D eigenvalue weighted by atomic mass is 10.2. The van der Waals surface area contributed by atoms with Gasteiger partial charge in [0.2, 0.25) is 5.88 Å². The Balaban J connectivity index is 2.38. The number of ether oxygens (including phenoxy) is 1. The third-order valence-corrected chi connectivity index (χ3v) is 3.43. The lowest BCUT2D eigenvalue weighted by Gasteiger charge is -2.10. The van der Waals surface area contributed by atoms with Gasteiger partial charge in [0.25, 0.3) is 0 Å². The molecule has 0 saturated heterocycles. The average Bonchev–Trinajstić information content (AvgIpc) is 2.34. The number of aryl methyl sites for hydroxylation is 1. The van der Waals surface area contributed by atoms with Gasteiger partial charge in [0.15, 0.2) is 0 Å². The zero-order valence-electron chi connectivity index (χ0n) is 10.1. The number of nitrogen functional groups attached to an aromatic ring is 1. The summed E-state index contributed by atoms with van der Waals surface area (Å²) in [6.07, 6.45) is 1.50. The highest BCUT2D eigenvalue weighted by atomic mass is 79.9. The van der Waals surface area contributed by atoms with Crippen LogP contribution in [-0.4, -0.2) is 10.8 Å². The Morgan fingerprint density at radius 1 is 1.42 bits per heavy atom. The fourth-order valence-corrected chi connectivity index (χ4v) is 2.32. The fourth-order valence-electron chi connectivity index (χ4n) is 1.50. The number of amidine groups is 1. The minimum atomic E-state index is -0.125. The second-order valence-electron chi connectivity index (χ2n) is 3.93. The van der Waals surface area contributed by atoms with Crippen molar-refractivity contribution < 1.29 is 4.74 Å². The largest absolute Gasteiger partial charge is 0.436 e. The molecule has 19 heavy (non-hydrogen) atoms. The quantitative estimate of drug-likeness (QED) is 0.658. The number of aromatic nitrogens is 1. The van der Waals surface area contributed by atoms with Gasteiger partial charge >= 0.3 is 0 Å². The summed E-state index contributed by atoms with van der Waals surface area (Å²) in [6, 6.07) is 7.24. The highest BCUT2D eigenvalue weighted by Gasteiger charge is 2.13. The van der Waals surface area contributed by atoms with Gasteiger partial charge in [-0.05, 0) is 46.6 Å². The average molecular weight is 341 g/mol. The van der Waals surface area contributed by atoms with Gasteiger partial charge in [-0.15, -0.1) is 0 Å². The molecule has 0 radical (unpaired) electrons. The van der Waals surface area contributed by atoms with Crippen LogP contribution in [-0.2, 0) is 0 Å². The SMILES string of the molecule is Cc1ccc(Oc2nccc(C(=N)N)c2Cl)c(Br)c1. The second kappa shape index (κ2) is 5.59. The van der Waals surface area contributed by atoms with E-state index in [2.05, 4.69) is 20.9 Å². The molecule has 0 unspecified atom stereocenters. The van der Waals surface area contributed by atoms with Crippen LogP contribution in [0, 0.1) is 12.3 Å². The van der Waals surface area contributed by atoms with Crippen molar-refractivity contribution in [3.05, 3.63) is 51.1 Å². The van der Waals surface area contributed by atoms with Gasteiger partial charge in [0.05, 0.1) is 4.47 Å². The number of benzene rings is 1. The number of halogens is 2. The van der Waals surface area contributed by atoms with Crippen LogP contribution in [0.5, 0.6) is 11.6 Å². The van der Waals surface area contributed by atoms with E-state index in [0.29, 0.717) is 11.3 Å². The first-order valence-corrected chi connectivity index (χ1v) is 6.59. The van der Waals surface area contributed by atoms with Crippen molar-refractivity contribution >= 4 is 33.4 Å². The van der Waals surface area contributed by atoms with Gasteiger partial charge in [0, 0.05) is 11.8 Å². The van der Waals surface area contributed by atoms with Crippen LogP contribution < -0.4 is 10.5 Å². The molecule has 0 aliphatic carbocycles. The molecule has 98 valence electrons. The summed E-state index contributed by atoms with van der Waals surface area (Å²) in [6.45, 7) is 1.98. The van der Waals surface area contributed by atoms with E-state index in [-0.39, 0.29) is 16.7 Å². The Labute approximate surface area is 124 Å². The fraction of sp³-hybridized carbons (Fsp3) is 0.0769. The van der Waals surface area contributed by atoms with Crippen LogP contribution in [0.4, 0.5) is 0 Å². The monoisotopic (exact) mass is 339 g/mol. The Morgan fingerprint density at radius 3 is 2.79 bits per heavy atom. The zero-order valence-corrected chi connectivity index (χ0v) is 12.4. The van der Waals surface area contributed by atoms with Gasteiger partial charge in [-0.2, -0.15) is 0 Å². The van der Waals surface area contributed by atoms with Crippen molar-refractivity contribution in [3.63, 3.8) is 0 Å². The summed E-state index contributed by atoms with van der Waals surface area (Å²) in [7, 11) is 0. The van der Waals surface area contributed by atoms with E-state index in [1.807, 2.05) is 25.1 Å². The first-order valence-electron chi connectivity index (χ1n) is 5.42. The first kappa shape index (κ1) is 13.8. The first-order chi connectivity index (χ1) is 8.99. The van der Waals surface area contributed by atoms with Gasteiger partial charge in [-0.1, -0.05) is 17.7 Å². The molecule has 0 bridgehead atoms. The molecule has 0 spiro atoms. The van der Waals surface area contributed by atoms with Crippen molar-refractivity contribution in [3.8, 4) is 11.6 Å². The molecule has 0 saturated carbocycles. The van der Waals surface area contributed by atoms with Gasteiger partial charge < -0.3 is 10.5 Å². The van der Waals surface area contributed by atoms with Crippen LogP contribution in [0.1, 0.15) is 11.1 Å². The smallest absolute Gasteiger partial charge is 0.238 e. The molecule has 0 aliphatic rings. The van der Waals surface area contributed by atoms with Crippen molar-refractivity contribution in [2.45, 2.75) is 6.92 Å². The summed E-state index contributed by atoms with van der Waals surface area (Å²) in [5.41, 5.74) is 6.94. The highest BCUT2D eigenvalue weighted by molar-refractivity contribution is 9.10. The van der Waals surface area contributed by atoms with E-state index in [0.717, 1.165) is 10.0 Å². The number of rotatable bonds is 3. The van der Waals surface area contributed by atoms with E-state index in [1.165, 1.54) is 6.20 Å². The van der Waals surface area contributed by atoms with E-state index < -0.39 is 0 Å². The van der Waals surface area contributed by atoms with Crippen LogP contribution in [0.3, 0.4) is 0 Å². The molecule has 1 aromatic heterocycles. The summed E-state index contributed by atoms with van der Waals surface area (Å²) in [5, 5.41) is 7.65. The Kier molecular flexibility index (Phi) is 4.07. The lowest BCUT2D eigenvalue weighted by molar-refractivity contribution is 0.460. The number of nitrogens with zero attached hydrogens (tertiary/aromatic N) is 1. The normalized spacial score (nSPS) is 10.3. The number of nitrogens with one attached hydrogen (secondary N) is 1. The molecule has 6 heteroatoms. The molecule has 2 rings (SSSR count). The molecule has 0 fully saturated rings. The van der Waals surface area contributed by atoms with Crippen LogP contribution in [0.25, 0.3) is 0 Å². The summed E-state index contributed by atoms with van der Waals surface area (Å²) >= 11 is 9.53. The molecule has 0 atom stereocenters. The maximum absolute atomic E-state index is 7.42. The van der Waals surface area contributed by atoms with E-state index >= 15 is 0 Å². The number of hydrogen-bond donors (Lipinski definition) is 2. The van der Waals surface area contributed by atoms with Crippen molar-refractivity contribution in [2.75, 3.05) is 0 Å². The molecule has 0 aliphatic heterocycles. The van der Waals surface area contributed by atoms with Crippen LogP contribution in [0.2, 0.25) is 5.02 Å². The maximum atomic E-state index is 7.42. The third-order valence-electron chi connectivity index (χ3n) is 2.44. The van der Waals surface area contributed by atoms with Crippen LogP contribution in [0.15, 0.2) is 34.9 Å². The van der Waals surface area contributed by atoms with E-state index in [9.17, 15) is 0 Å². The maximum Gasteiger partial charge on any atom is 0.238 e. The molecular formula is C13H11BrClN3O. The second-order valence-corrected chi connectivity index (χ2v) is 5.16. The van der Waals surface area contributed by atoms with Crippen molar-refractivity contribution in [1.82, 2.24) is 4.98 Å². The number of pyridine rings is 1. The van der Waals surface area contributed by atoms with Crippen molar-refractivity contribution in [1.29, 1.82) is 5.41 Å². The minimum Gasteiger partial charge on any atom is -0.436 e. The summed E-state index contributed by atoms with van der Waals surface area (Å²) in [5.74, 6) is 0.694. The van der Waals surface area contributed by atoms with E-state index in [4.69, 9.17) is 27.5 Å². The topological polar surface area (TPSA) is 72.0 Å². The Hall–Kier alpha value is -1.59. The zero-order chi connectivity index (χ0) is 14.0. The summed E-state index contributed by atoms with van der Waals surface area (Å²) in [4.78, 5) is 4.05. The molecule has 2 aromatic rings.